The fourth-order valence-corrected chi connectivity index (χ4v) is 5.08. The van der Waals surface area contributed by atoms with Crippen LogP contribution in [0.2, 0.25) is 5.02 Å². The van der Waals surface area contributed by atoms with E-state index >= 15 is 0 Å². The smallest absolute Gasteiger partial charge is 0.247 e. The van der Waals surface area contributed by atoms with Gasteiger partial charge in [0, 0.05) is 28.0 Å². The number of hydrogen-bond donors (Lipinski definition) is 0. The largest absolute Gasteiger partial charge is 0.494 e. The van der Waals surface area contributed by atoms with Crippen LogP contribution in [0.15, 0.2) is 102 Å². The Morgan fingerprint density at radius 1 is 0.868 bits per heavy atom. The predicted molar refractivity (Wildman–Crippen MR) is 155 cm³/mol. The quantitative estimate of drug-likeness (QED) is 0.228. The summed E-state index contributed by atoms with van der Waals surface area (Å²) in [6.45, 7) is 4.68. The number of hydrogen-bond acceptors (Lipinski definition) is 5. The van der Waals surface area contributed by atoms with Crippen LogP contribution in [0.4, 0.5) is 5.95 Å². The summed E-state index contributed by atoms with van der Waals surface area (Å²) < 4.78 is 6.03. The maximum Gasteiger partial charge on any atom is 0.247 e. The third-order valence-electron chi connectivity index (χ3n) is 6.77. The van der Waals surface area contributed by atoms with Gasteiger partial charge in [-0.1, -0.05) is 90.0 Å². The molecule has 0 fully saturated rings. The molecule has 5 aromatic rings. The summed E-state index contributed by atoms with van der Waals surface area (Å²) in [7, 11) is 0. The number of hydrazone groups is 1. The van der Waals surface area contributed by atoms with Crippen molar-refractivity contribution in [2.75, 3.05) is 11.6 Å². The van der Waals surface area contributed by atoms with Crippen molar-refractivity contribution in [1.29, 1.82) is 0 Å². The highest BCUT2D eigenvalue weighted by Crippen LogP contribution is 2.40. The van der Waals surface area contributed by atoms with Crippen LogP contribution >= 0.6 is 11.6 Å². The highest BCUT2D eigenvalue weighted by Gasteiger charge is 2.34. The minimum Gasteiger partial charge on any atom is -0.494 e. The van der Waals surface area contributed by atoms with E-state index in [0.717, 1.165) is 44.7 Å². The van der Waals surface area contributed by atoms with Gasteiger partial charge in [-0.05, 0) is 43.7 Å². The highest BCUT2D eigenvalue weighted by atomic mass is 35.5. The summed E-state index contributed by atoms with van der Waals surface area (Å²) >= 11 is 6.39. The lowest BCUT2D eigenvalue weighted by molar-refractivity contribution is 0.334. The molecular weight excluding hydrogens is 492 g/mol. The number of fused-ring (bicyclic) bond motifs is 1. The molecule has 0 spiro atoms. The Labute approximate surface area is 227 Å². The molecule has 1 aliphatic heterocycles. The minimum atomic E-state index is -0.123. The molecule has 0 aliphatic carbocycles. The van der Waals surface area contributed by atoms with Gasteiger partial charge in [-0.25, -0.2) is 15.0 Å². The van der Waals surface area contributed by atoms with Gasteiger partial charge >= 0.3 is 0 Å². The molecule has 0 N–H and O–H groups in total. The standard InChI is InChI=1S/C32H27ClN4O/c1-3-38-30-12-8-7-11-25(30)29-20-28(22-15-13-21(2)14-16-22)36-37(29)32-34-27-18-17-24(33)19-26(27)31(35-32)23-9-5-4-6-10-23/h4-19,29H,3,20H2,1-2H3/t29-/m0/s1. The average molecular weight is 519 g/mol. The summed E-state index contributed by atoms with van der Waals surface area (Å²) in [6.07, 6.45) is 0.704. The Balaban J connectivity index is 1.54. The van der Waals surface area contributed by atoms with Gasteiger partial charge in [0.15, 0.2) is 0 Å². The van der Waals surface area contributed by atoms with Gasteiger partial charge in [-0.2, -0.15) is 5.10 Å². The normalized spacial score (nSPS) is 15.1. The van der Waals surface area contributed by atoms with E-state index in [4.69, 9.17) is 31.4 Å². The molecule has 0 unspecified atom stereocenters. The zero-order chi connectivity index (χ0) is 26.1. The summed E-state index contributed by atoms with van der Waals surface area (Å²) in [5, 5.41) is 8.62. The van der Waals surface area contributed by atoms with Crippen molar-refractivity contribution in [3.63, 3.8) is 0 Å². The van der Waals surface area contributed by atoms with Gasteiger partial charge < -0.3 is 4.74 Å². The molecule has 0 saturated heterocycles. The van der Waals surface area contributed by atoms with E-state index < -0.39 is 0 Å². The monoisotopic (exact) mass is 518 g/mol. The zero-order valence-corrected chi connectivity index (χ0v) is 22.1. The Bertz CT molecular complexity index is 1630. The van der Waals surface area contributed by atoms with Gasteiger partial charge in [0.2, 0.25) is 5.95 Å². The Morgan fingerprint density at radius 3 is 2.42 bits per heavy atom. The molecular formula is C32H27ClN4O. The minimum absolute atomic E-state index is 0.123. The molecule has 1 aliphatic rings. The molecule has 0 saturated carbocycles. The number of ether oxygens (including phenoxy) is 1. The van der Waals surface area contributed by atoms with E-state index in [1.165, 1.54) is 5.56 Å². The summed E-state index contributed by atoms with van der Waals surface area (Å²) in [5.41, 5.74) is 6.98. The van der Waals surface area contributed by atoms with Crippen LogP contribution in [0.3, 0.4) is 0 Å². The van der Waals surface area contributed by atoms with Crippen molar-refractivity contribution < 1.29 is 4.74 Å². The number of benzene rings is 4. The van der Waals surface area contributed by atoms with Crippen LogP contribution < -0.4 is 9.75 Å². The SMILES string of the molecule is CCOc1ccccc1[C@@H]1CC(c2ccc(C)cc2)=NN1c1nc(-c2ccccc2)c2cc(Cl)ccc2n1. The fourth-order valence-electron chi connectivity index (χ4n) is 4.91. The second-order valence-electron chi connectivity index (χ2n) is 9.35. The molecule has 6 heteroatoms. The molecule has 2 heterocycles. The van der Waals surface area contributed by atoms with Crippen LogP contribution in [0.25, 0.3) is 22.2 Å². The number of aromatic nitrogens is 2. The molecule has 0 radical (unpaired) electrons. The van der Waals surface area contributed by atoms with Gasteiger partial charge in [-0.15, -0.1) is 0 Å². The van der Waals surface area contributed by atoms with E-state index in [9.17, 15) is 0 Å². The van der Waals surface area contributed by atoms with Crippen LogP contribution in [0.5, 0.6) is 5.75 Å². The number of halogens is 1. The van der Waals surface area contributed by atoms with Crippen molar-refractivity contribution in [2.24, 2.45) is 5.10 Å². The van der Waals surface area contributed by atoms with E-state index in [1.54, 1.807) is 0 Å². The van der Waals surface area contributed by atoms with Gasteiger partial charge in [0.1, 0.15) is 5.75 Å². The van der Waals surface area contributed by atoms with Crippen LogP contribution in [-0.4, -0.2) is 22.3 Å². The van der Waals surface area contributed by atoms with Crippen LogP contribution in [0, 0.1) is 6.92 Å². The van der Waals surface area contributed by atoms with Crippen LogP contribution in [-0.2, 0) is 0 Å². The lowest BCUT2D eigenvalue weighted by Gasteiger charge is -2.24. The molecule has 1 aromatic heterocycles. The van der Waals surface area contributed by atoms with Crippen molar-refractivity contribution in [1.82, 2.24) is 9.97 Å². The number of aryl methyl sites for hydroxylation is 1. The number of anilines is 1. The summed E-state index contributed by atoms with van der Waals surface area (Å²) in [5.74, 6) is 1.39. The van der Waals surface area contributed by atoms with Gasteiger partial charge in [0.05, 0.1) is 29.6 Å². The first-order chi connectivity index (χ1) is 18.6. The van der Waals surface area contributed by atoms with Gasteiger partial charge in [0.25, 0.3) is 0 Å². The van der Waals surface area contributed by atoms with E-state index in [-0.39, 0.29) is 6.04 Å². The molecule has 0 amide bonds. The summed E-state index contributed by atoms with van der Waals surface area (Å²) in [4.78, 5) is 10.1. The molecule has 5 nitrogen and oxygen atoms in total. The van der Waals surface area contributed by atoms with E-state index in [1.807, 2.05) is 66.5 Å². The summed E-state index contributed by atoms with van der Waals surface area (Å²) in [6, 6.07) is 32.4. The topological polar surface area (TPSA) is 50.6 Å². The molecule has 0 bridgehead atoms. The fraction of sp³-hybridized carbons (Fsp3) is 0.156. The number of para-hydroxylation sites is 1. The van der Waals surface area contributed by atoms with Gasteiger partial charge in [-0.3, -0.25) is 0 Å². The third kappa shape index (κ3) is 4.61. The predicted octanol–water partition coefficient (Wildman–Crippen LogP) is 8.01. The molecule has 188 valence electrons. The number of rotatable bonds is 6. The first-order valence-corrected chi connectivity index (χ1v) is 13.2. The van der Waals surface area contributed by atoms with Crippen LogP contribution in [0.1, 0.15) is 36.1 Å². The Hall–Kier alpha value is -4.22. The maximum atomic E-state index is 6.39. The maximum absolute atomic E-state index is 6.39. The van der Waals surface area contributed by atoms with Crippen molar-refractivity contribution in [3.05, 3.63) is 119 Å². The molecule has 4 aromatic carbocycles. The Morgan fingerprint density at radius 2 is 1.63 bits per heavy atom. The molecule has 1 atom stereocenters. The lowest BCUT2D eigenvalue weighted by Crippen LogP contribution is -2.22. The second kappa shape index (κ2) is 10.3. The van der Waals surface area contributed by atoms with Crippen molar-refractivity contribution in [3.8, 4) is 17.0 Å². The zero-order valence-electron chi connectivity index (χ0n) is 21.3. The molecule has 38 heavy (non-hydrogen) atoms. The third-order valence-corrected chi connectivity index (χ3v) is 7.01. The van der Waals surface area contributed by atoms with E-state index in [0.29, 0.717) is 24.0 Å². The first-order valence-electron chi connectivity index (χ1n) is 12.8. The average Bonchev–Trinajstić information content (AvgIpc) is 3.39. The van der Waals surface area contributed by atoms with E-state index in [2.05, 4.69) is 49.4 Å². The Kier molecular flexibility index (Phi) is 6.52. The van der Waals surface area contributed by atoms with Crippen molar-refractivity contribution in [2.45, 2.75) is 26.3 Å². The molecule has 6 rings (SSSR count). The highest BCUT2D eigenvalue weighted by molar-refractivity contribution is 6.31. The first kappa shape index (κ1) is 24.1. The number of nitrogens with zero attached hydrogens (tertiary/aromatic N) is 4. The second-order valence-corrected chi connectivity index (χ2v) is 9.78. The van der Waals surface area contributed by atoms with Crippen molar-refractivity contribution >= 4 is 34.2 Å². The lowest BCUT2D eigenvalue weighted by atomic mass is 9.97.